The number of benzene rings is 2. The third-order valence-electron chi connectivity index (χ3n) is 2.23. The number of nitrogens with one attached hydrogen (secondary N) is 1. The number of nitrogens with two attached hydrogens (primary N) is 1. The van der Waals surface area contributed by atoms with Gasteiger partial charge < -0.3 is 11.1 Å². The van der Waals surface area contributed by atoms with Gasteiger partial charge in [0.2, 0.25) is 0 Å². The topological polar surface area (TPSA) is 61.8 Å². The van der Waals surface area contributed by atoms with Crippen LogP contribution in [0.15, 0.2) is 48.5 Å². The molecule has 0 aliphatic carbocycles. The van der Waals surface area contributed by atoms with Crippen molar-refractivity contribution in [3.8, 4) is 6.07 Å². The summed E-state index contributed by atoms with van der Waals surface area (Å²) in [5.41, 5.74) is 8.82. The molecule has 0 heterocycles. The quantitative estimate of drug-likeness (QED) is 0.747. The van der Waals surface area contributed by atoms with Gasteiger partial charge in [-0.3, -0.25) is 0 Å². The van der Waals surface area contributed by atoms with E-state index in [1.54, 1.807) is 12.1 Å². The lowest BCUT2D eigenvalue weighted by Gasteiger charge is -2.08. The normalized spacial score (nSPS) is 9.44. The maximum atomic E-state index is 8.78. The molecule has 0 amide bonds. The van der Waals surface area contributed by atoms with E-state index >= 15 is 0 Å². The summed E-state index contributed by atoms with van der Waals surface area (Å²) >= 11 is 0. The second-order valence-corrected chi connectivity index (χ2v) is 3.40. The highest BCUT2D eigenvalue weighted by molar-refractivity contribution is 5.72. The van der Waals surface area contributed by atoms with E-state index in [4.69, 9.17) is 11.0 Å². The molecule has 2 aromatic carbocycles. The summed E-state index contributed by atoms with van der Waals surface area (Å²) in [6, 6.07) is 16.9. The second kappa shape index (κ2) is 4.37. The number of hydrogen-bond acceptors (Lipinski definition) is 3. The van der Waals surface area contributed by atoms with Crippen molar-refractivity contribution in [2.75, 3.05) is 11.1 Å². The summed E-state index contributed by atoms with van der Waals surface area (Å²) in [4.78, 5) is 0. The molecular weight excluding hydrogens is 198 g/mol. The van der Waals surface area contributed by atoms with Gasteiger partial charge in [0.15, 0.2) is 0 Å². The first-order valence-corrected chi connectivity index (χ1v) is 4.91. The van der Waals surface area contributed by atoms with Crippen molar-refractivity contribution in [2.24, 2.45) is 0 Å². The lowest BCUT2D eigenvalue weighted by Crippen LogP contribution is -1.95. The third-order valence-corrected chi connectivity index (χ3v) is 2.23. The molecule has 0 spiro atoms. The number of nitrogens with zero attached hydrogens (tertiary/aromatic N) is 1. The van der Waals surface area contributed by atoms with Gasteiger partial charge in [0, 0.05) is 5.69 Å². The Morgan fingerprint density at radius 3 is 2.62 bits per heavy atom. The molecular formula is C13H11N3. The van der Waals surface area contributed by atoms with Crippen molar-refractivity contribution >= 4 is 17.1 Å². The van der Waals surface area contributed by atoms with Crippen LogP contribution in [-0.2, 0) is 0 Å². The molecule has 2 aromatic rings. The number of nitrogen functional groups attached to an aromatic ring is 1. The van der Waals surface area contributed by atoms with Crippen LogP contribution in [0.2, 0.25) is 0 Å². The van der Waals surface area contributed by atoms with Crippen molar-refractivity contribution in [2.45, 2.75) is 0 Å². The summed E-state index contributed by atoms with van der Waals surface area (Å²) < 4.78 is 0. The van der Waals surface area contributed by atoms with E-state index in [0.29, 0.717) is 11.3 Å². The Morgan fingerprint density at radius 1 is 1.06 bits per heavy atom. The van der Waals surface area contributed by atoms with Crippen molar-refractivity contribution < 1.29 is 0 Å². The van der Waals surface area contributed by atoms with Gasteiger partial charge in [-0.25, -0.2) is 0 Å². The summed E-state index contributed by atoms with van der Waals surface area (Å²) in [6.07, 6.45) is 0. The molecule has 0 atom stereocenters. The average molecular weight is 209 g/mol. The minimum Gasteiger partial charge on any atom is -0.397 e. The Bertz CT molecular complexity index is 541. The maximum Gasteiger partial charge on any atom is 0.0992 e. The summed E-state index contributed by atoms with van der Waals surface area (Å²) in [7, 11) is 0. The Balaban J connectivity index is 2.28. The predicted molar refractivity (Wildman–Crippen MR) is 65.3 cm³/mol. The highest BCUT2D eigenvalue weighted by Gasteiger charge is 1.98. The highest BCUT2D eigenvalue weighted by Crippen LogP contribution is 2.22. The van der Waals surface area contributed by atoms with E-state index in [-0.39, 0.29) is 0 Å². The molecule has 0 unspecified atom stereocenters. The van der Waals surface area contributed by atoms with Gasteiger partial charge in [-0.2, -0.15) is 5.26 Å². The van der Waals surface area contributed by atoms with Gasteiger partial charge in [0.05, 0.1) is 23.0 Å². The van der Waals surface area contributed by atoms with Crippen LogP contribution in [-0.4, -0.2) is 0 Å². The highest BCUT2D eigenvalue weighted by atomic mass is 14.9. The SMILES string of the molecule is N#Cc1cccc(Nc2ccccc2N)c1. The van der Waals surface area contributed by atoms with Crippen LogP contribution in [0.25, 0.3) is 0 Å². The van der Waals surface area contributed by atoms with Crippen LogP contribution in [0.5, 0.6) is 0 Å². The Hall–Kier alpha value is -2.47. The summed E-state index contributed by atoms with van der Waals surface area (Å²) in [5, 5.41) is 12.0. The lowest BCUT2D eigenvalue weighted by molar-refractivity contribution is 1.47. The van der Waals surface area contributed by atoms with Crippen LogP contribution in [0.1, 0.15) is 5.56 Å². The molecule has 3 N–H and O–H groups in total. The minimum atomic E-state index is 0.625. The van der Waals surface area contributed by atoms with E-state index in [1.165, 1.54) is 0 Å². The van der Waals surface area contributed by atoms with Crippen LogP contribution in [0.4, 0.5) is 17.1 Å². The third kappa shape index (κ3) is 2.12. The Labute approximate surface area is 94.1 Å². The number of para-hydroxylation sites is 2. The molecule has 0 aromatic heterocycles. The molecule has 0 aliphatic rings. The molecule has 3 heteroatoms. The van der Waals surface area contributed by atoms with Gasteiger partial charge >= 0.3 is 0 Å². The van der Waals surface area contributed by atoms with Crippen molar-refractivity contribution in [1.29, 1.82) is 5.26 Å². The fourth-order valence-corrected chi connectivity index (χ4v) is 1.43. The predicted octanol–water partition coefficient (Wildman–Crippen LogP) is 2.88. The Morgan fingerprint density at radius 2 is 1.88 bits per heavy atom. The van der Waals surface area contributed by atoms with Crippen LogP contribution in [0, 0.1) is 11.3 Å². The van der Waals surface area contributed by atoms with Crippen LogP contribution >= 0.6 is 0 Å². The zero-order valence-electron chi connectivity index (χ0n) is 8.64. The van der Waals surface area contributed by atoms with E-state index < -0.39 is 0 Å². The van der Waals surface area contributed by atoms with Crippen LogP contribution in [0.3, 0.4) is 0 Å². The summed E-state index contributed by atoms with van der Waals surface area (Å²) in [5.74, 6) is 0. The molecule has 2 rings (SSSR count). The van der Waals surface area contributed by atoms with Gasteiger partial charge in [0.25, 0.3) is 0 Å². The van der Waals surface area contributed by atoms with Gasteiger partial charge in [-0.05, 0) is 30.3 Å². The summed E-state index contributed by atoms with van der Waals surface area (Å²) in [6.45, 7) is 0. The van der Waals surface area contributed by atoms with Gasteiger partial charge in [0.1, 0.15) is 0 Å². The van der Waals surface area contributed by atoms with E-state index in [1.807, 2.05) is 36.4 Å². The van der Waals surface area contributed by atoms with Crippen molar-refractivity contribution in [3.05, 3.63) is 54.1 Å². The van der Waals surface area contributed by atoms with Gasteiger partial charge in [-0.15, -0.1) is 0 Å². The first-order chi connectivity index (χ1) is 7.79. The smallest absolute Gasteiger partial charge is 0.0992 e. The van der Waals surface area contributed by atoms with E-state index in [2.05, 4.69) is 11.4 Å². The standard InChI is InChI=1S/C13H11N3/c14-9-10-4-3-5-11(8-10)16-13-7-2-1-6-12(13)15/h1-8,16H,15H2. The van der Waals surface area contributed by atoms with Crippen molar-refractivity contribution in [3.63, 3.8) is 0 Å². The monoisotopic (exact) mass is 209 g/mol. The average Bonchev–Trinajstić information content (AvgIpc) is 2.32. The number of hydrogen-bond donors (Lipinski definition) is 2. The number of nitriles is 1. The molecule has 0 fully saturated rings. The molecule has 78 valence electrons. The second-order valence-electron chi connectivity index (χ2n) is 3.40. The van der Waals surface area contributed by atoms with E-state index in [0.717, 1.165) is 11.4 Å². The fourth-order valence-electron chi connectivity index (χ4n) is 1.43. The zero-order valence-corrected chi connectivity index (χ0v) is 8.64. The molecule has 3 nitrogen and oxygen atoms in total. The van der Waals surface area contributed by atoms with Crippen LogP contribution < -0.4 is 11.1 Å². The van der Waals surface area contributed by atoms with Gasteiger partial charge in [-0.1, -0.05) is 18.2 Å². The molecule has 0 saturated carbocycles. The number of anilines is 3. The first kappa shape index (κ1) is 10.1. The van der Waals surface area contributed by atoms with Crippen molar-refractivity contribution in [1.82, 2.24) is 0 Å². The maximum absolute atomic E-state index is 8.78. The minimum absolute atomic E-state index is 0.625. The first-order valence-electron chi connectivity index (χ1n) is 4.91. The Kier molecular flexibility index (Phi) is 2.75. The molecule has 0 saturated heterocycles. The largest absolute Gasteiger partial charge is 0.397 e. The molecule has 16 heavy (non-hydrogen) atoms. The zero-order chi connectivity index (χ0) is 11.4. The fraction of sp³-hybridized carbons (Fsp3) is 0. The molecule has 0 bridgehead atoms. The van der Waals surface area contributed by atoms with E-state index in [9.17, 15) is 0 Å². The number of rotatable bonds is 2. The lowest BCUT2D eigenvalue weighted by atomic mass is 10.2. The molecule has 0 aliphatic heterocycles. The molecule has 0 radical (unpaired) electrons.